The SMILES string of the molecule is CCn1c(SCC(=O)N(C)C2CCCCC2)nnc1-c1ccncc1. The molecule has 1 aliphatic rings. The van der Waals surface area contributed by atoms with Crippen LogP contribution in [-0.2, 0) is 11.3 Å². The first kappa shape index (κ1) is 17.9. The summed E-state index contributed by atoms with van der Waals surface area (Å²) in [7, 11) is 1.94. The first-order valence-corrected chi connectivity index (χ1v) is 9.91. The molecule has 0 saturated heterocycles. The van der Waals surface area contributed by atoms with Gasteiger partial charge < -0.3 is 9.47 Å². The Hall–Kier alpha value is -1.89. The highest BCUT2D eigenvalue weighted by atomic mass is 32.2. The van der Waals surface area contributed by atoms with Crippen molar-refractivity contribution < 1.29 is 4.79 Å². The molecule has 2 aromatic heterocycles. The number of amides is 1. The van der Waals surface area contributed by atoms with E-state index in [1.807, 2.05) is 28.6 Å². The van der Waals surface area contributed by atoms with Crippen molar-refractivity contribution in [3.05, 3.63) is 24.5 Å². The summed E-state index contributed by atoms with van der Waals surface area (Å²) in [5, 5.41) is 9.39. The van der Waals surface area contributed by atoms with Crippen LogP contribution in [0.1, 0.15) is 39.0 Å². The zero-order valence-corrected chi connectivity index (χ0v) is 15.7. The number of thioether (sulfide) groups is 1. The third kappa shape index (κ3) is 4.21. The maximum Gasteiger partial charge on any atom is 0.233 e. The number of carbonyl (C=O) groups excluding carboxylic acids is 1. The van der Waals surface area contributed by atoms with Crippen LogP contribution in [0.25, 0.3) is 11.4 Å². The summed E-state index contributed by atoms with van der Waals surface area (Å²) in [5.74, 6) is 1.40. The van der Waals surface area contributed by atoms with E-state index in [1.165, 1.54) is 31.0 Å². The van der Waals surface area contributed by atoms with Crippen LogP contribution in [-0.4, -0.2) is 49.4 Å². The van der Waals surface area contributed by atoms with Gasteiger partial charge in [-0.1, -0.05) is 31.0 Å². The molecule has 1 saturated carbocycles. The van der Waals surface area contributed by atoms with Gasteiger partial charge in [0.05, 0.1) is 5.75 Å². The third-order valence-electron chi connectivity index (χ3n) is 4.81. The second-order valence-electron chi connectivity index (χ2n) is 6.37. The van der Waals surface area contributed by atoms with Gasteiger partial charge in [0.15, 0.2) is 11.0 Å². The summed E-state index contributed by atoms with van der Waals surface area (Å²) in [4.78, 5) is 18.5. The number of nitrogens with zero attached hydrogens (tertiary/aromatic N) is 5. The molecule has 3 rings (SSSR count). The molecule has 25 heavy (non-hydrogen) atoms. The Labute approximate surface area is 153 Å². The van der Waals surface area contributed by atoms with Gasteiger partial charge >= 0.3 is 0 Å². The molecule has 7 heteroatoms. The van der Waals surface area contributed by atoms with Gasteiger partial charge in [-0.15, -0.1) is 10.2 Å². The first-order valence-electron chi connectivity index (χ1n) is 8.92. The lowest BCUT2D eigenvalue weighted by Crippen LogP contribution is -2.39. The minimum absolute atomic E-state index is 0.174. The van der Waals surface area contributed by atoms with Gasteiger partial charge in [0, 0.05) is 37.6 Å². The highest BCUT2D eigenvalue weighted by Gasteiger charge is 2.23. The zero-order valence-electron chi connectivity index (χ0n) is 14.9. The Balaban J connectivity index is 1.65. The van der Waals surface area contributed by atoms with E-state index in [0.717, 1.165) is 35.9 Å². The second-order valence-corrected chi connectivity index (χ2v) is 7.31. The minimum Gasteiger partial charge on any atom is -0.342 e. The first-order chi connectivity index (χ1) is 12.2. The van der Waals surface area contributed by atoms with Gasteiger partial charge in [-0.3, -0.25) is 9.78 Å². The van der Waals surface area contributed by atoms with Crippen molar-refractivity contribution >= 4 is 17.7 Å². The fraction of sp³-hybridized carbons (Fsp3) is 0.556. The Kier molecular flexibility index (Phi) is 6.07. The number of hydrogen-bond donors (Lipinski definition) is 0. The van der Waals surface area contributed by atoms with Crippen LogP contribution in [0.4, 0.5) is 0 Å². The summed E-state index contributed by atoms with van der Waals surface area (Å²) in [6.45, 7) is 2.83. The van der Waals surface area contributed by atoms with Crippen LogP contribution in [0.3, 0.4) is 0 Å². The van der Waals surface area contributed by atoms with Crippen molar-refractivity contribution in [3.8, 4) is 11.4 Å². The van der Waals surface area contributed by atoms with Crippen LogP contribution in [0.2, 0.25) is 0 Å². The summed E-state index contributed by atoms with van der Waals surface area (Å²) in [6.07, 6.45) is 9.52. The molecule has 0 atom stereocenters. The Morgan fingerprint density at radius 3 is 2.64 bits per heavy atom. The Bertz CT molecular complexity index is 697. The van der Waals surface area contributed by atoms with E-state index in [4.69, 9.17) is 0 Å². The Morgan fingerprint density at radius 2 is 1.96 bits per heavy atom. The predicted molar refractivity (Wildman–Crippen MR) is 99.3 cm³/mol. The molecule has 0 radical (unpaired) electrons. The molecule has 0 spiro atoms. The third-order valence-corrected chi connectivity index (χ3v) is 5.76. The largest absolute Gasteiger partial charge is 0.342 e. The van der Waals surface area contributed by atoms with Gasteiger partial charge in [0.2, 0.25) is 5.91 Å². The molecular formula is C18H25N5OS. The second kappa shape index (κ2) is 8.47. The van der Waals surface area contributed by atoms with E-state index < -0.39 is 0 Å². The van der Waals surface area contributed by atoms with Crippen molar-refractivity contribution in [1.82, 2.24) is 24.6 Å². The molecule has 1 aliphatic carbocycles. The van der Waals surface area contributed by atoms with Gasteiger partial charge in [-0.25, -0.2) is 0 Å². The highest BCUT2D eigenvalue weighted by Crippen LogP contribution is 2.25. The molecule has 0 bridgehead atoms. The molecule has 134 valence electrons. The molecule has 0 unspecified atom stereocenters. The van der Waals surface area contributed by atoms with Crippen LogP contribution in [0.15, 0.2) is 29.7 Å². The van der Waals surface area contributed by atoms with E-state index >= 15 is 0 Å². The van der Waals surface area contributed by atoms with E-state index in [-0.39, 0.29) is 5.91 Å². The quantitative estimate of drug-likeness (QED) is 0.741. The number of hydrogen-bond acceptors (Lipinski definition) is 5. The lowest BCUT2D eigenvalue weighted by Gasteiger charge is -2.31. The summed E-state index contributed by atoms with van der Waals surface area (Å²) in [5.41, 5.74) is 0.988. The zero-order chi connectivity index (χ0) is 17.6. The molecule has 2 aromatic rings. The van der Waals surface area contributed by atoms with Gasteiger partial charge in [-0.05, 0) is 31.9 Å². The number of pyridine rings is 1. The van der Waals surface area contributed by atoms with E-state index in [1.54, 1.807) is 12.4 Å². The highest BCUT2D eigenvalue weighted by molar-refractivity contribution is 7.99. The van der Waals surface area contributed by atoms with Gasteiger partial charge in [0.25, 0.3) is 0 Å². The predicted octanol–water partition coefficient (Wildman–Crippen LogP) is 3.24. The molecule has 2 heterocycles. The lowest BCUT2D eigenvalue weighted by molar-refractivity contribution is -0.129. The maximum absolute atomic E-state index is 12.5. The molecule has 6 nitrogen and oxygen atoms in total. The average molecular weight is 359 g/mol. The number of rotatable bonds is 6. The average Bonchev–Trinajstić information content (AvgIpc) is 3.09. The molecule has 1 fully saturated rings. The number of carbonyl (C=O) groups is 1. The van der Waals surface area contributed by atoms with Crippen LogP contribution >= 0.6 is 11.8 Å². The summed E-state index contributed by atoms with van der Waals surface area (Å²) >= 11 is 1.47. The van der Waals surface area contributed by atoms with E-state index in [9.17, 15) is 4.79 Å². The van der Waals surface area contributed by atoms with Gasteiger partial charge in [0.1, 0.15) is 0 Å². The van der Waals surface area contributed by atoms with Crippen LogP contribution in [0.5, 0.6) is 0 Å². The fourth-order valence-electron chi connectivity index (χ4n) is 3.30. The van der Waals surface area contributed by atoms with Crippen molar-refractivity contribution in [3.63, 3.8) is 0 Å². The van der Waals surface area contributed by atoms with Crippen molar-refractivity contribution in [1.29, 1.82) is 0 Å². The summed E-state index contributed by atoms with van der Waals surface area (Å²) < 4.78 is 2.05. The molecule has 0 aromatic carbocycles. The van der Waals surface area contributed by atoms with Crippen LogP contribution in [0, 0.1) is 0 Å². The minimum atomic E-state index is 0.174. The smallest absolute Gasteiger partial charge is 0.233 e. The molecule has 1 amide bonds. The maximum atomic E-state index is 12.5. The van der Waals surface area contributed by atoms with Crippen molar-refractivity contribution in [2.24, 2.45) is 0 Å². The summed E-state index contributed by atoms with van der Waals surface area (Å²) in [6, 6.07) is 4.25. The Morgan fingerprint density at radius 1 is 1.24 bits per heavy atom. The molecule has 0 N–H and O–H groups in total. The van der Waals surface area contributed by atoms with Gasteiger partial charge in [-0.2, -0.15) is 0 Å². The molecule has 0 aliphatic heterocycles. The lowest BCUT2D eigenvalue weighted by atomic mass is 9.94. The standard InChI is InChI=1S/C18H25N5OS/c1-3-23-17(14-9-11-19-12-10-14)20-21-18(23)25-13-16(24)22(2)15-7-5-4-6-8-15/h9-12,15H,3-8,13H2,1-2H3. The van der Waals surface area contributed by atoms with Crippen molar-refractivity contribution in [2.75, 3.05) is 12.8 Å². The number of aromatic nitrogens is 4. The van der Waals surface area contributed by atoms with E-state index in [2.05, 4.69) is 22.1 Å². The van der Waals surface area contributed by atoms with Crippen molar-refractivity contribution in [2.45, 2.75) is 56.8 Å². The molecular weight excluding hydrogens is 334 g/mol. The normalized spacial score (nSPS) is 15.3. The van der Waals surface area contributed by atoms with Crippen LogP contribution < -0.4 is 0 Å². The monoisotopic (exact) mass is 359 g/mol. The fourth-order valence-corrected chi connectivity index (χ4v) is 4.22. The topological polar surface area (TPSA) is 63.9 Å². The van der Waals surface area contributed by atoms with E-state index in [0.29, 0.717) is 11.8 Å².